The molecular weight excluding hydrogens is 274 g/mol. The van der Waals surface area contributed by atoms with Gasteiger partial charge in [0.05, 0.1) is 5.02 Å². The van der Waals surface area contributed by atoms with Crippen LogP contribution in [0.1, 0.15) is 21.5 Å². The van der Waals surface area contributed by atoms with Crippen LogP contribution in [0.25, 0.3) is 0 Å². The Kier molecular flexibility index (Phi) is 3.69. The number of rotatable bonds is 2. The van der Waals surface area contributed by atoms with Crippen LogP contribution in [-0.2, 0) is 0 Å². The highest BCUT2D eigenvalue weighted by Gasteiger charge is 2.15. The second-order valence-electron chi connectivity index (χ2n) is 3.91. The average Bonchev–Trinajstić information content (AvgIpc) is 2.31. The van der Waals surface area contributed by atoms with E-state index < -0.39 is 5.82 Å². The summed E-state index contributed by atoms with van der Waals surface area (Å²) < 4.78 is 13.2. The van der Waals surface area contributed by atoms with Gasteiger partial charge in [-0.15, -0.1) is 0 Å². The molecule has 2 rings (SSSR count). The Morgan fingerprint density at radius 2 is 1.78 bits per heavy atom. The van der Waals surface area contributed by atoms with Crippen LogP contribution >= 0.6 is 23.2 Å². The van der Waals surface area contributed by atoms with E-state index in [1.807, 2.05) is 0 Å². The van der Waals surface area contributed by atoms with E-state index in [0.29, 0.717) is 21.7 Å². The van der Waals surface area contributed by atoms with Gasteiger partial charge in [0.25, 0.3) is 0 Å². The van der Waals surface area contributed by atoms with Crippen molar-refractivity contribution in [2.24, 2.45) is 0 Å². The van der Waals surface area contributed by atoms with Gasteiger partial charge in [-0.2, -0.15) is 0 Å². The molecule has 0 saturated heterocycles. The van der Waals surface area contributed by atoms with Crippen LogP contribution in [0.4, 0.5) is 4.39 Å². The summed E-state index contributed by atoms with van der Waals surface area (Å²) in [5, 5.41) is 0.712. The summed E-state index contributed by atoms with van der Waals surface area (Å²) >= 11 is 11.7. The van der Waals surface area contributed by atoms with Crippen molar-refractivity contribution in [3.63, 3.8) is 0 Å². The SMILES string of the molecule is Cc1ccc(F)cc1C(=O)c1ccc(Cl)cc1Cl. The van der Waals surface area contributed by atoms with Crippen LogP contribution in [-0.4, -0.2) is 5.78 Å². The monoisotopic (exact) mass is 282 g/mol. The Balaban J connectivity index is 2.51. The van der Waals surface area contributed by atoms with Gasteiger partial charge in [0.2, 0.25) is 0 Å². The first-order valence-corrected chi connectivity index (χ1v) is 6.00. The van der Waals surface area contributed by atoms with E-state index >= 15 is 0 Å². The molecule has 0 aliphatic rings. The zero-order valence-corrected chi connectivity index (χ0v) is 11.0. The van der Waals surface area contributed by atoms with Crippen molar-refractivity contribution in [1.82, 2.24) is 0 Å². The normalized spacial score (nSPS) is 10.4. The van der Waals surface area contributed by atoms with Crippen LogP contribution in [0.2, 0.25) is 10.0 Å². The molecule has 0 atom stereocenters. The van der Waals surface area contributed by atoms with E-state index in [-0.39, 0.29) is 10.8 Å². The predicted octanol–water partition coefficient (Wildman–Crippen LogP) is 4.67. The summed E-state index contributed by atoms with van der Waals surface area (Å²) in [5.74, 6) is -0.761. The molecule has 2 aromatic rings. The van der Waals surface area contributed by atoms with Gasteiger partial charge in [-0.05, 0) is 42.8 Å². The molecule has 0 bridgehead atoms. The molecule has 18 heavy (non-hydrogen) atoms. The van der Waals surface area contributed by atoms with Crippen LogP contribution in [0.3, 0.4) is 0 Å². The highest BCUT2D eigenvalue weighted by Crippen LogP contribution is 2.24. The van der Waals surface area contributed by atoms with E-state index in [1.165, 1.54) is 24.3 Å². The van der Waals surface area contributed by atoms with E-state index in [1.54, 1.807) is 19.1 Å². The average molecular weight is 283 g/mol. The predicted molar refractivity (Wildman–Crippen MR) is 71.0 cm³/mol. The van der Waals surface area contributed by atoms with E-state index in [2.05, 4.69) is 0 Å². The first kappa shape index (κ1) is 13.1. The van der Waals surface area contributed by atoms with Crippen molar-refractivity contribution < 1.29 is 9.18 Å². The van der Waals surface area contributed by atoms with E-state index in [0.717, 1.165) is 0 Å². The van der Waals surface area contributed by atoms with Crippen molar-refractivity contribution >= 4 is 29.0 Å². The van der Waals surface area contributed by atoms with E-state index in [4.69, 9.17) is 23.2 Å². The maximum absolute atomic E-state index is 13.2. The fourth-order valence-electron chi connectivity index (χ4n) is 1.66. The third kappa shape index (κ3) is 2.55. The summed E-state index contributed by atoms with van der Waals surface area (Å²) in [6.07, 6.45) is 0. The van der Waals surface area contributed by atoms with Gasteiger partial charge < -0.3 is 0 Å². The second kappa shape index (κ2) is 5.09. The molecule has 0 N–H and O–H groups in total. The Hall–Kier alpha value is -1.38. The van der Waals surface area contributed by atoms with Gasteiger partial charge in [-0.3, -0.25) is 4.79 Å². The molecule has 2 aromatic carbocycles. The molecular formula is C14H9Cl2FO. The molecule has 92 valence electrons. The first-order chi connectivity index (χ1) is 8.49. The van der Waals surface area contributed by atoms with Crippen LogP contribution < -0.4 is 0 Å². The Morgan fingerprint density at radius 3 is 2.44 bits per heavy atom. The highest BCUT2D eigenvalue weighted by molar-refractivity contribution is 6.37. The lowest BCUT2D eigenvalue weighted by atomic mass is 9.99. The number of ketones is 1. The standard InChI is InChI=1S/C14H9Cl2FO/c1-8-2-4-10(17)7-12(8)14(18)11-5-3-9(15)6-13(11)16/h2-7H,1H3. The number of aryl methyl sites for hydroxylation is 1. The largest absolute Gasteiger partial charge is 0.289 e. The second-order valence-corrected chi connectivity index (χ2v) is 4.76. The van der Waals surface area contributed by atoms with Crippen molar-refractivity contribution in [3.8, 4) is 0 Å². The zero-order chi connectivity index (χ0) is 13.3. The lowest BCUT2D eigenvalue weighted by molar-refractivity contribution is 0.103. The van der Waals surface area contributed by atoms with Crippen molar-refractivity contribution in [2.75, 3.05) is 0 Å². The molecule has 0 aliphatic carbocycles. The minimum Gasteiger partial charge on any atom is -0.289 e. The van der Waals surface area contributed by atoms with E-state index in [9.17, 15) is 9.18 Å². The number of carbonyl (C=O) groups is 1. The molecule has 0 saturated carbocycles. The lowest BCUT2D eigenvalue weighted by Gasteiger charge is -2.07. The molecule has 0 radical (unpaired) electrons. The van der Waals surface area contributed by atoms with Crippen molar-refractivity contribution in [3.05, 3.63) is 69.0 Å². The molecule has 4 heteroatoms. The quantitative estimate of drug-likeness (QED) is 0.732. The fraction of sp³-hybridized carbons (Fsp3) is 0.0714. The van der Waals surface area contributed by atoms with Crippen LogP contribution in [0.5, 0.6) is 0 Å². The Morgan fingerprint density at radius 1 is 1.06 bits per heavy atom. The minimum absolute atomic E-state index is 0.260. The summed E-state index contributed by atoms with van der Waals surface area (Å²) in [6, 6.07) is 8.70. The smallest absolute Gasteiger partial charge is 0.194 e. The maximum atomic E-state index is 13.2. The summed E-state index contributed by atoms with van der Waals surface area (Å²) in [6.45, 7) is 1.75. The topological polar surface area (TPSA) is 17.1 Å². The Labute approximate surface area is 114 Å². The van der Waals surface area contributed by atoms with Gasteiger partial charge in [-0.1, -0.05) is 29.3 Å². The number of hydrogen-bond donors (Lipinski definition) is 0. The first-order valence-electron chi connectivity index (χ1n) is 5.25. The summed E-state index contributed by atoms with van der Waals surface area (Å²) in [4.78, 5) is 12.3. The summed E-state index contributed by atoms with van der Waals surface area (Å²) in [7, 11) is 0. The molecule has 0 amide bonds. The van der Waals surface area contributed by atoms with Gasteiger partial charge in [-0.25, -0.2) is 4.39 Å². The maximum Gasteiger partial charge on any atom is 0.194 e. The number of halogens is 3. The third-order valence-electron chi connectivity index (χ3n) is 2.62. The molecule has 0 unspecified atom stereocenters. The molecule has 0 aliphatic heterocycles. The lowest BCUT2D eigenvalue weighted by Crippen LogP contribution is -2.05. The number of benzene rings is 2. The van der Waals surface area contributed by atoms with Crippen molar-refractivity contribution in [2.45, 2.75) is 6.92 Å². The molecule has 0 spiro atoms. The minimum atomic E-state index is -0.450. The highest BCUT2D eigenvalue weighted by atomic mass is 35.5. The number of carbonyl (C=O) groups excluding carboxylic acids is 1. The zero-order valence-electron chi connectivity index (χ0n) is 9.51. The third-order valence-corrected chi connectivity index (χ3v) is 3.17. The van der Waals surface area contributed by atoms with Gasteiger partial charge in [0, 0.05) is 16.1 Å². The molecule has 0 fully saturated rings. The molecule has 0 heterocycles. The van der Waals surface area contributed by atoms with Gasteiger partial charge in [0.15, 0.2) is 5.78 Å². The van der Waals surface area contributed by atoms with Gasteiger partial charge >= 0.3 is 0 Å². The summed E-state index contributed by atoms with van der Waals surface area (Å²) in [5.41, 5.74) is 1.32. The van der Waals surface area contributed by atoms with Crippen molar-refractivity contribution in [1.29, 1.82) is 0 Å². The fourth-order valence-corrected chi connectivity index (χ4v) is 2.15. The molecule has 1 nitrogen and oxygen atoms in total. The van der Waals surface area contributed by atoms with Gasteiger partial charge in [0.1, 0.15) is 5.82 Å². The number of hydrogen-bond acceptors (Lipinski definition) is 1. The van der Waals surface area contributed by atoms with Crippen LogP contribution in [0.15, 0.2) is 36.4 Å². The van der Waals surface area contributed by atoms with Crippen LogP contribution in [0, 0.1) is 12.7 Å². The molecule has 0 aromatic heterocycles. The Bertz CT molecular complexity index is 623.